The van der Waals surface area contributed by atoms with Gasteiger partial charge in [0.25, 0.3) is 0 Å². The average Bonchev–Trinajstić information content (AvgIpc) is 2.47. The molecular formula is C14H22N2O3S. The Kier molecular flexibility index (Phi) is 5.01. The van der Waals surface area contributed by atoms with Crippen LogP contribution in [0, 0.1) is 0 Å². The molecule has 112 valence electrons. The third-order valence-corrected chi connectivity index (χ3v) is 5.59. The summed E-state index contributed by atoms with van der Waals surface area (Å²) in [5.41, 5.74) is 0.918. The molecule has 6 heteroatoms. The van der Waals surface area contributed by atoms with Gasteiger partial charge in [0.15, 0.2) is 0 Å². The van der Waals surface area contributed by atoms with Gasteiger partial charge in [-0.2, -0.15) is 4.31 Å². The lowest BCUT2D eigenvalue weighted by molar-refractivity contribution is 0.264. The molecule has 1 fully saturated rings. The first-order valence-electron chi connectivity index (χ1n) is 6.93. The van der Waals surface area contributed by atoms with Crippen LogP contribution < -0.4 is 10.1 Å². The molecule has 1 aliphatic rings. The fraction of sp³-hybridized carbons (Fsp3) is 0.571. The normalized spacial score (nSPS) is 20.8. The summed E-state index contributed by atoms with van der Waals surface area (Å²) < 4.78 is 31.8. The van der Waals surface area contributed by atoms with Crippen molar-refractivity contribution in [2.75, 3.05) is 32.5 Å². The van der Waals surface area contributed by atoms with Crippen molar-refractivity contribution in [2.24, 2.45) is 0 Å². The molecule has 5 nitrogen and oxygen atoms in total. The van der Waals surface area contributed by atoms with E-state index in [4.69, 9.17) is 4.74 Å². The van der Waals surface area contributed by atoms with Crippen molar-refractivity contribution < 1.29 is 13.2 Å². The molecule has 0 bridgehead atoms. The predicted molar refractivity (Wildman–Crippen MR) is 79.4 cm³/mol. The van der Waals surface area contributed by atoms with Crippen LogP contribution in [0.3, 0.4) is 0 Å². The Morgan fingerprint density at radius 1 is 1.40 bits per heavy atom. The van der Waals surface area contributed by atoms with Gasteiger partial charge in [0.05, 0.1) is 18.9 Å². The van der Waals surface area contributed by atoms with Crippen LogP contribution >= 0.6 is 0 Å². The van der Waals surface area contributed by atoms with E-state index in [1.807, 2.05) is 31.2 Å². The van der Waals surface area contributed by atoms with Gasteiger partial charge in [0, 0.05) is 25.2 Å². The lowest BCUT2D eigenvalue weighted by atomic mass is 10.0. The first-order valence-corrected chi connectivity index (χ1v) is 8.54. The highest BCUT2D eigenvalue weighted by Crippen LogP contribution is 2.32. The molecule has 0 unspecified atom stereocenters. The van der Waals surface area contributed by atoms with Gasteiger partial charge >= 0.3 is 0 Å². The Morgan fingerprint density at radius 2 is 2.15 bits per heavy atom. The van der Waals surface area contributed by atoms with E-state index in [0.717, 1.165) is 11.3 Å². The molecule has 1 heterocycles. The summed E-state index contributed by atoms with van der Waals surface area (Å²) in [6.45, 7) is 3.70. The lowest BCUT2D eigenvalue weighted by Gasteiger charge is -2.36. The molecule has 1 aromatic rings. The Labute approximate surface area is 121 Å². The monoisotopic (exact) mass is 298 g/mol. The average molecular weight is 298 g/mol. The number of rotatable bonds is 5. The van der Waals surface area contributed by atoms with Gasteiger partial charge in [-0.25, -0.2) is 8.42 Å². The summed E-state index contributed by atoms with van der Waals surface area (Å²) in [7, 11) is -1.61. The highest BCUT2D eigenvalue weighted by Gasteiger charge is 2.33. The molecule has 1 atom stereocenters. The number of piperazine rings is 1. The number of nitrogens with zero attached hydrogens (tertiary/aromatic N) is 1. The Hall–Kier alpha value is -1.11. The van der Waals surface area contributed by atoms with Gasteiger partial charge in [-0.15, -0.1) is 0 Å². The molecule has 0 aliphatic carbocycles. The van der Waals surface area contributed by atoms with Gasteiger partial charge in [-0.05, 0) is 12.5 Å². The minimum Gasteiger partial charge on any atom is -0.496 e. The van der Waals surface area contributed by atoms with Crippen molar-refractivity contribution in [3.8, 4) is 5.75 Å². The molecule has 0 saturated carbocycles. The topological polar surface area (TPSA) is 58.6 Å². The summed E-state index contributed by atoms with van der Waals surface area (Å²) >= 11 is 0. The number of ether oxygens (including phenoxy) is 1. The molecule has 0 amide bonds. The van der Waals surface area contributed by atoms with Crippen molar-refractivity contribution in [3.63, 3.8) is 0 Å². The Bertz CT molecular complexity index is 545. The van der Waals surface area contributed by atoms with E-state index in [-0.39, 0.29) is 11.8 Å². The standard InChI is InChI=1S/C14H22N2O3S/c1-3-10-20(17,18)16-9-8-15-11-13(16)12-6-4-5-7-14(12)19-2/h4-7,13,15H,3,8-11H2,1-2H3/t13-/m0/s1. The quantitative estimate of drug-likeness (QED) is 0.892. The molecule has 0 radical (unpaired) electrons. The number of nitrogens with one attached hydrogen (secondary N) is 1. The third-order valence-electron chi connectivity index (χ3n) is 3.51. The molecule has 1 aromatic carbocycles. The van der Waals surface area contributed by atoms with Gasteiger partial charge < -0.3 is 10.1 Å². The molecule has 1 N–H and O–H groups in total. The van der Waals surface area contributed by atoms with E-state index < -0.39 is 10.0 Å². The van der Waals surface area contributed by atoms with E-state index in [1.165, 1.54) is 0 Å². The van der Waals surface area contributed by atoms with Crippen molar-refractivity contribution in [1.29, 1.82) is 0 Å². The SMILES string of the molecule is CCCS(=O)(=O)N1CCNC[C@H]1c1ccccc1OC. The van der Waals surface area contributed by atoms with Gasteiger partial charge in [-0.3, -0.25) is 0 Å². The largest absolute Gasteiger partial charge is 0.496 e. The molecule has 2 rings (SSSR count). The maximum atomic E-state index is 12.4. The van der Waals surface area contributed by atoms with Gasteiger partial charge in [0.2, 0.25) is 10.0 Å². The minimum absolute atomic E-state index is 0.193. The summed E-state index contributed by atoms with van der Waals surface area (Å²) in [5.74, 6) is 0.927. The number of hydrogen-bond donors (Lipinski definition) is 1. The Balaban J connectivity index is 2.36. The van der Waals surface area contributed by atoms with E-state index in [9.17, 15) is 8.42 Å². The van der Waals surface area contributed by atoms with E-state index in [0.29, 0.717) is 26.1 Å². The minimum atomic E-state index is -3.22. The van der Waals surface area contributed by atoms with Crippen molar-refractivity contribution >= 4 is 10.0 Å². The number of para-hydroxylation sites is 1. The van der Waals surface area contributed by atoms with Crippen LogP contribution in [0.15, 0.2) is 24.3 Å². The van der Waals surface area contributed by atoms with Crippen LogP contribution in [0.4, 0.5) is 0 Å². The molecule has 20 heavy (non-hydrogen) atoms. The second kappa shape index (κ2) is 6.56. The summed E-state index contributed by atoms with van der Waals surface area (Å²) in [5, 5.41) is 3.27. The number of sulfonamides is 1. The lowest BCUT2D eigenvalue weighted by Crippen LogP contribution is -2.49. The van der Waals surface area contributed by atoms with Gasteiger partial charge in [0.1, 0.15) is 5.75 Å². The van der Waals surface area contributed by atoms with E-state index in [1.54, 1.807) is 11.4 Å². The third kappa shape index (κ3) is 3.13. The number of methoxy groups -OCH3 is 1. The summed E-state index contributed by atoms with van der Waals surface area (Å²) in [6.07, 6.45) is 0.630. The predicted octanol–water partition coefficient (Wildman–Crippen LogP) is 1.38. The smallest absolute Gasteiger partial charge is 0.214 e. The number of benzene rings is 1. The zero-order chi connectivity index (χ0) is 14.6. The highest BCUT2D eigenvalue weighted by atomic mass is 32.2. The fourth-order valence-electron chi connectivity index (χ4n) is 2.60. The second-order valence-electron chi connectivity index (χ2n) is 4.89. The van der Waals surface area contributed by atoms with Crippen molar-refractivity contribution in [2.45, 2.75) is 19.4 Å². The van der Waals surface area contributed by atoms with Gasteiger partial charge in [-0.1, -0.05) is 25.1 Å². The van der Waals surface area contributed by atoms with Crippen LogP contribution in [0.5, 0.6) is 5.75 Å². The van der Waals surface area contributed by atoms with Crippen LogP contribution in [0.1, 0.15) is 24.9 Å². The van der Waals surface area contributed by atoms with Crippen molar-refractivity contribution in [1.82, 2.24) is 9.62 Å². The summed E-state index contributed by atoms with van der Waals surface area (Å²) in [6, 6.07) is 7.41. The summed E-state index contributed by atoms with van der Waals surface area (Å²) in [4.78, 5) is 0. The molecular weight excluding hydrogens is 276 g/mol. The van der Waals surface area contributed by atoms with Crippen LogP contribution in [0.25, 0.3) is 0 Å². The molecule has 1 aliphatic heterocycles. The van der Waals surface area contributed by atoms with Crippen LogP contribution in [-0.4, -0.2) is 45.2 Å². The molecule has 1 saturated heterocycles. The molecule has 0 spiro atoms. The van der Waals surface area contributed by atoms with Crippen LogP contribution in [-0.2, 0) is 10.0 Å². The highest BCUT2D eigenvalue weighted by molar-refractivity contribution is 7.89. The fourth-order valence-corrected chi connectivity index (χ4v) is 4.30. The molecule has 0 aromatic heterocycles. The van der Waals surface area contributed by atoms with Crippen molar-refractivity contribution in [3.05, 3.63) is 29.8 Å². The maximum absolute atomic E-state index is 12.4. The van der Waals surface area contributed by atoms with E-state index in [2.05, 4.69) is 5.32 Å². The first-order chi connectivity index (χ1) is 9.60. The first kappa shape index (κ1) is 15.3. The zero-order valence-electron chi connectivity index (χ0n) is 12.0. The second-order valence-corrected chi connectivity index (χ2v) is 6.93. The zero-order valence-corrected chi connectivity index (χ0v) is 12.8. The number of hydrogen-bond acceptors (Lipinski definition) is 4. The Morgan fingerprint density at radius 3 is 2.85 bits per heavy atom. The van der Waals surface area contributed by atoms with E-state index >= 15 is 0 Å². The van der Waals surface area contributed by atoms with Crippen LogP contribution in [0.2, 0.25) is 0 Å². The maximum Gasteiger partial charge on any atom is 0.214 e.